The molecule has 0 bridgehead atoms. The Morgan fingerprint density at radius 3 is 2.64 bits per heavy atom. The van der Waals surface area contributed by atoms with Gasteiger partial charge in [0.05, 0.1) is 11.6 Å². The Balaban J connectivity index is 2.27. The zero-order valence-corrected chi connectivity index (χ0v) is 8.56. The number of aryl methyl sites for hydroxylation is 1. The van der Waals surface area contributed by atoms with Crippen LogP contribution in [0.2, 0.25) is 0 Å². The summed E-state index contributed by atoms with van der Waals surface area (Å²) in [5.41, 5.74) is 0.741. The summed E-state index contributed by atoms with van der Waals surface area (Å²) in [7, 11) is 1.84. The maximum absolute atomic E-state index is 10.9. The molecule has 1 fully saturated rings. The first-order chi connectivity index (χ1) is 6.44. The molecular weight excluding hydrogens is 180 g/mol. The first-order valence-electron chi connectivity index (χ1n) is 4.67. The molecule has 0 radical (unpaired) electrons. The van der Waals surface area contributed by atoms with E-state index >= 15 is 0 Å². The van der Waals surface area contributed by atoms with Gasteiger partial charge in [0.25, 0.3) is 0 Å². The summed E-state index contributed by atoms with van der Waals surface area (Å²) in [6, 6.07) is 1.90. The van der Waals surface area contributed by atoms with Crippen molar-refractivity contribution in [2.75, 3.05) is 0 Å². The van der Waals surface area contributed by atoms with Crippen molar-refractivity contribution in [3.8, 4) is 0 Å². The fourth-order valence-electron chi connectivity index (χ4n) is 2.25. The monoisotopic (exact) mass is 194 g/mol. The van der Waals surface area contributed by atoms with Crippen molar-refractivity contribution in [1.29, 1.82) is 0 Å². The third kappa shape index (κ3) is 1.14. The highest BCUT2D eigenvalue weighted by atomic mass is 16.4. The van der Waals surface area contributed by atoms with E-state index in [1.54, 1.807) is 4.68 Å². The largest absolute Gasteiger partial charge is 0.481 e. The lowest BCUT2D eigenvalue weighted by atomic mass is 10.1. The van der Waals surface area contributed by atoms with Crippen LogP contribution in [0.3, 0.4) is 0 Å². The van der Waals surface area contributed by atoms with Gasteiger partial charge in [0, 0.05) is 19.2 Å². The van der Waals surface area contributed by atoms with Gasteiger partial charge < -0.3 is 5.11 Å². The molecule has 1 aromatic rings. The fraction of sp³-hybridized carbons (Fsp3) is 0.600. The number of carbonyl (C=O) groups is 1. The Morgan fingerprint density at radius 2 is 2.29 bits per heavy atom. The first-order valence-corrected chi connectivity index (χ1v) is 4.67. The molecule has 2 atom stereocenters. The molecule has 2 unspecified atom stereocenters. The van der Waals surface area contributed by atoms with Gasteiger partial charge in [0.2, 0.25) is 0 Å². The maximum atomic E-state index is 10.9. The normalized spacial score (nSPS) is 28.8. The highest BCUT2D eigenvalue weighted by molar-refractivity contribution is 5.77. The SMILES string of the molecule is Cn1ccc(C2C(C(=O)O)C2(C)C)n1. The number of aliphatic carboxylic acids is 1. The number of carboxylic acid groups (broad SMARTS) is 1. The lowest BCUT2D eigenvalue weighted by Gasteiger charge is -1.97. The Kier molecular flexibility index (Phi) is 1.71. The highest BCUT2D eigenvalue weighted by Crippen LogP contribution is 2.63. The van der Waals surface area contributed by atoms with Crippen molar-refractivity contribution in [1.82, 2.24) is 9.78 Å². The summed E-state index contributed by atoms with van der Waals surface area (Å²) in [6.07, 6.45) is 1.85. The molecule has 0 spiro atoms. The van der Waals surface area contributed by atoms with E-state index in [-0.39, 0.29) is 17.3 Å². The van der Waals surface area contributed by atoms with Crippen LogP contribution in [0, 0.1) is 11.3 Å². The van der Waals surface area contributed by atoms with E-state index in [1.165, 1.54) is 0 Å². The van der Waals surface area contributed by atoms with Crippen LogP contribution in [0.25, 0.3) is 0 Å². The Hall–Kier alpha value is -1.32. The number of nitrogens with zero attached hydrogens (tertiary/aromatic N) is 2. The van der Waals surface area contributed by atoms with Gasteiger partial charge in [-0.1, -0.05) is 13.8 Å². The molecule has 0 amide bonds. The number of aromatic nitrogens is 2. The van der Waals surface area contributed by atoms with Gasteiger partial charge in [-0.15, -0.1) is 0 Å². The molecule has 1 aliphatic carbocycles. The van der Waals surface area contributed by atoms with Gasteiger partial charge in [-0.05, 0) is 11.5 Å². The third-order valence-electron chi connectivity index (χ3n) is 3.15. The van der Waals surface area contributed by atoms with E-state index in [9.17, 15) is 4.79 Å². The molecular formula is C10H14N2O2. The van der Waals surface area contributed by atoms with Crippen molar-refractivity contribution < 1.29 is 9.90 Å². The van der Waals surface area contributed by atoms with Crippen LogP contribution in [-0.4, -0.2) is 20.9 Å². The van der Waals surface area contributed by atoms with E-state index in [4.69, 9.17) is 5.11 Å². The second kappa shape index (κ2) is 2.59. The highest BCUT2D eigenvalue weighted by Gasteiger charge is 2.63. The summed E-state index contributed by atoms with van der Waals surface area (Å²) in [5, 5.41) is 13.2. The minimum absolute atomic E-state index is 0.0706. The van der Waals surface area contributed by atoms with E-state index in [0.717, 1.165) is 5.69 Å². The number of rotatable bonds is 2. The molecule has 1 heterocycles. The van der Waals surface area contributed by atoms with Crippen molar-refractivity contribution in [2.24, 2.45) is 18.4 Å². The number of hydrogen-bond donors (Lipinski definition) is 1. The van der Waals surface area contributed by atoms with Crippen LogP contribution in [-0.2, 0) is 11.8 Å². The minimum Gasteiger partial charge on any atom is -0.481 e. The molecule has 0 saturated heterocycles. The quantitative estimate of drug-likeness (QED) is 0.770. The second-order valence-corrected chi connectivity index (χ2v) is 4.53. The molecule has 1 saturated carbocycles. The van der Waals surface area contributed by atoms with Crippen LogP contribution in [0.15, 0.2) is 12.3 Å². The van der Waals surface area contributed by atoms with Crippen LogP contribution in [0.4, 0.5) is 0 Å². The van der Waals surface area contributed by atoms with Crippen LogP contribution >= 0.6 is 0 Å². The number of carboxylic acids is 1. The lowest BCUT2D eigenvalue weighted by molar-refractivity contribution is -0.139. The lowest BCUT2D eigenvalue weighted by Crippen LogP contribution is -2.03. The molecule has 4 heteroatoms. The van der Waals surface area contributed by atoms with Gasteiger partial charge in [0.15, 0.2) is 0 Å². The summed E-state index contributed by atoms with van der Waals surface area (Å²) in [5.74, 6) is -0.927. The topological polar surface area (TPSA) is 55.1 Å². The van der Waals surface area contributed by atoms with Gasteiger partial charge >= 0.3 is 5.97 Å². The molecule has 76 valence electrons. The van der Waals surface area contributed by atoms with Crippen molar-refractivity contribution in [2.45, 2.75) is 19.8 Å². The average Bonchev–Trinajstić information content (AvgIpc) is 2.42. The van der Waals surface area contributed by atoms with Gasteiger partial charge in [-0.2, -0.15) is 5.10 Å². The van der Waals surface area contributed by atoms with Crippen molar-refractivity contribution >= 4 is 5.97 Å². The molecule has 1 aromatic heterocycles. The summed E-state index contributed by atoms with van der Waals surface area (Å²) in [6.45, 7) is 3.95. The molecule has 1 N–H and O–H groups in total. The molecule has 1 aliphatic rings. The molecule has 14 heavy (non-hydrogen) atoms. The van der Waals surface area contributed by atoms with Crippen molar-refractivity contribution in [3.63, 3.8) is 0 Å². The second-order valence-electron chi connectivity index (χ2n) is 4.53. The maximum Gasteiger partial charge on any atom is 0.307 e. The van der Waals surface area contributed by atoms with E-state index in [1.807, 2.05) is 33.2 Å². The smallest absolute Gasteiger partial charge is 0.307 e. The summed E-state index contributed by atoms with van der Waals surface area (Å²) in [4.78, 5) is 10.9. The van der Waals surface area contributed by atoms with Crippen LogP contribution in [0.1, 0.15) is 25.5 Å². The van der Waals surface area contributed by atoms with Crippen LogP contribution in [0.5, 0.6) is 0 Å². The van der Waals surface area contributed by atoms with Crippen molar-refractivity contribution in [3.05, 3.63) is 18.0 Å². The Labute approximate surface area is 82.5 Å². The molecule has 2 rings (SSSR count). The molecule has 0 aliphatic heterocycles. The minimum atomic E-state index is -0.717. The summed E-state index contributed by atoms with van der Waals surface area (Å²) >= 11 is 0. The Morgan fingerprint density at radius 1 is 1.64 bits per heavy atom. The Bertz CT molecular complexity index is 381. The molecule has 0 aromatic carbocycles. The third-order valence-corrected chi connectivity index (χ3v) is 3.15. The summed E-state index contributed by atoms with van der Waals surface area (Å²) < 4.78 is 1.71. The van der Waals surface area contributed by atoms with Gasteiger partial charge in [-0.25, -0.2) is 0 Å². The average molecular weight is 194 g/mol. The van der Waals surface area contributed by atoms with E-state index < -0.39 is 5.97 Å². The predicted octanol–water partition coefficient (Wildman–Crippen LogP) is 1.24. The van der Waals surface area contributed by atoms with Crippen LogP contribution < -0.4 is 0 Å². The zero-order chi connectivity index (χ0) is 10.5. The first kappa shape index (κ1) is 9.24. The predicted molar refractivity (Wildman–Crippen MR) is 50.9 cm³/mol. The number of hydrogen-bond acceptors (Lipinski definition) is 2. The molecule has 4 nitrogen and oxygen atoms in total. The van der Waals surface area contributed by atoms with Gasteiger partial charge in [-0.3, -0.25) is 9.48 Å². The van der Waals surface area contributed by atoms with E-state index in [0.29, 0.717) is 0 Å². The fourth-order valence-corrected chi connectivity index (χ4v) is 2.25. The van der Waals surface area contributed by atoms with E-state index in [2.05, 4.69) is 5.10 Å². The zero-order valence-electron chi connectivity index (χ0n) is 8.56. The standard InChI is InChI=1S/C10H14N2O2/c1-10(2)7(8(10)9(13)14)6-4-5-12(3)11-6/h4-5,7-8H,1-3H3,(H,13,14). The van der Waals surface area contributed by atoms with Gasteiger partial charge in [0.1, 0.15) is 0 Å².